The van der Waals surface area contributed by atoms with Crippen LogP contribution >= 0.6 is 0 Å². The van der Waals surface area contributed by atoms with Crippen molar-refractivity contribution in [1.29, 1.82) is 0 Å². The van der Waals surface area contributed by atoms with Crippen molar-refractivity contribution in [3.05, 3.63) is 60.2 Å². The molecule has 35 heavy (non-hydrogen) atoms. The van der Waals surface area contributed by atoms with E-state index in [9.17, 15) is 9.59 Å². The number of esters is 2. The van der Waals surface area contributed by atoms with Crippen LogP contribution in [0.2, 0.25) is 0 Å². The minimum atomic E-state index is -0.601. The lowest BCUT2D eigenvalue weighted by molar-refractivity contribution is -0.149. The van der Waals surface area contributed by atoms with E-state index in [-0.39, 0.29) is 26.4 Å². The first-order valence-corrected chi connectivity index (χ1v) is 11.2. The molecule has 0 aliphatic rings. The fraction of sp³-hybridized carbons (Fsp3) is 0.407. The SMILES string of the molecule is C=C(C)C(=O)OC(COC)COc1cc(C)c(OCC(COC)OC(=O)C(=C)C)c2ccccc12. The van der Waals surface area contributed by atoms with E-state index in [1.54, 1.807) is 13.8 Å². The summed E-state index contributed by atoms with van der Waals surface area (Å²) in [5, 5.41) is 1.64. The van der Waals surface area contributed by atoms with E-state index in [1.807, 2.05) is 37.3 Å². The molecule has 0 fully saturated rings. The molecule has 2 aromatic rings. The van der Waals surface area contributed by atoms with Crippen LogP contribution in [0.25, 0.3) is 10.8 Å². The maximum atomic E-state index is 11.9. The molecule has 2 atom stereocenters. The van der Waals surface area contributed by atoms with Crippen molar-refractivity contribution in [2.45, 2.75) is 33.0 Å². The maximum Gasteiger partial charge on any atom is 0.333 e. The quantitative estimate of drug-likeness (QED) is 0.290. The Morgan fingerprint density at radius 1 is 0.800 bits per heavy atom. The molecule has 0 saturated heterocycles. The second kappa shape index (κ2) is 13.5. The number of carbonyl (C=O) groups is 2. The Bertz CT molecular complexity index is 1060. The summed E-state index contributed by atoms with van der Waals surface area (Å²) in [7, 11) is 3.05. The van der Waals surface area contributed by atoms with Crippen LogP contribution in [0.4, 0.5) is 0 Å². The van der Waals surface area contributed by atoms with Gasteiger partial charge in [0.1, 0.15) is 24.7 Å². The van der Waals surface area contributed by atoms with Gasteiger partial charge in [-0.15, -0.1) is 0 Å². The van der Waals surface area contributed by atoms with Crippen molar-refractivity contribution in [2.24, 2.45) is 0 Å². The Balaban J connectivity index is 2.24. The van der Waals surface area contributed by atoms with Crippen LogP contribution < -0.4 is 9.47 Å². The van der Waals surface area contributed by atoms with Gasteiger partial charge in [-0.3, -0.25) is 0 Å². The number of carbonyl (C=O) groups excluding carboxylic acids is 2. The molecule has 0 N–H and O–H groups in total. The third-order valence-corrected chi connectivity index (χ3v) is 4.93. The minimum absolute atomic E-state index is 0.100. The average molecular weight is 487 g/mol. The van der Waals surface area contributed by atoms with E-state index in [0.29, 0.717) is 22.6 Å². The van der Waals surface area contributed by atoms with Crippen LogP contribution in [-0.2, 0) is 28.5 Å². The number of ether oxygens (including phenoxy) is 6. The first-order valence-electron chi connectivity index (χ1n) is 11.2. The first-order chi connectivity index (χ1) is 16.7. The predicted octanol–water partition coefficient (Wildman–Crippen LogP) is 4.17. The molecule has 0 aromatic heterocycles. The van der Waals surface area contributed by atoms with E-state index >= 15 is 0 Å². The number of methoxy groups -OCH3 is 2. The fourth-order valence-electron chi connectivity index (χ4n) is 3.23. The Morgan fingerprint density at radius 2 is 1.29 bits per heavy atom. The Labute approximate surface area is 206 Å². The monoisotopic (exact) mass is 486 g/mol. The lowest BCUT2D eigenvalue weighted by Crippen LogP contribution is -2.30. The van der Waals surface area contributed by atoms with Crippen molar-refractivity contribution >= 4 is 22.7 Å². The van der Waals surface area contributed by atoms with Crippen molar-refractivity contribution in [1.82, 2.24) is 0 Å². The van der Waals surface area contributed by atoms with Gasteiger partial charge in [0, 0.05) is 36.1 Å². The summed E-state index contributed by atoms with van der Waals surface area (Å²) >= 11 is 0. The zero-order chi connectivity index (χ0) is 26.0. The molecule has 0 aliphatic heterocycles. The topological polar surface area (TPSA) is 89.5 Å². The maximum absolute atomic E-state index is 11.9. The minimum Gasteiger partial charge on any atom is -0.489 e. The molecule has 8 heteroatoms. The van der Waals surface area contributed by atoms with E-state index in [1.165, 1.54) is 14.2 Å². The molecule has 2 unspecified atom stereocenters. The summed E-state index contributed by atoms with van der Waals surface area (Å²) in [5.74, 6) is 0.250. The summed E-state index contributed by atoms with van der Waals surface area (Å²) in [6, 6.07) is 9.48. The van der Waals surface area contributed by atoms with Gasteiger partial charge in [-0.25, -0.2) is 9.59 Å². The standard InChI is InChI=1S/C27H34O8/c1-17(2)26(28)34-20(13-30-6)15-32-24-12-19(5)25(23-11-9-8-10-22(23)24)33-16-21(14-31-7)35-27(29)18(3)4/h8-12,20-21H,1,3,13-16H2,2,4-7H3. The second-order valence-corrected chi connectivity index (χ2v) is 8.21. The number of hydrogen-bond acceptors (Lipinski definition) is 8. The van der Waals surface area contributed by atoms with Gasteiger partial charge in [-0.05, 0) is 32.4 Å². The second-order valence-electron chi connectivity index (χ2n) is 8.21. The Hall–Kier alpha value is -3.36. The molecule has 0 heterocycles. The number of aryl methyl sites for hydroxylation is 1. The van der Waals surface area contributed by atoms with E-state index < -0.39 is 24.1 Å². The zero-order valence-corrected chi connectivity index (χ0v) is 21.1. The summed E-state index contributed by atoms with van der Waals surface area (Å²) in [5.41, 5.74) is 1.42. The van der Waals surface area contributed by atoms with E-state index in [0.717, 1.165) is 16.3 Å². The van der Waals surface area contributed by atoms with Crippen LogP contribution in [0, 0.1) is 6.92 Å². The van der Waals surface area contributed by atoms with Gasteiger partial charge in [-0.1, -0.05) is 37.4 Å². The third-order valence-electron chi connectivity index (χ3n) is 4.93. The molecular formula is C27H34O8. The van der Waals surface area contributed by atoms with Gasteiger partial charge in [-0.2, -0.15) is 0 Å². The molecule has 190 valence electrons. The largest absolute Gasteiger partial charge is 0.489 e. The van der Waals surface area contributed by atoms with Crippen LogP contribution in [0.3, 0.4) is 0 Å². The predicted molar refractivity (Wildman–Crippen MR) is 133 cm³/mol. The molecule has 2 aromatic carbocycles. The van der Waals surface area contributed by atoms with Gasteiger partial charge in [0.15, 0.2) is 12.2 Å². The summed E-state index contributed by atoms with van der Waals surface area (Å²) in [4.78, 5) is 23.9. The summed E-state index contributed by atoms with van der Waals surface area (Å²) in [6.07, 6.45) is -1.20. The normalized spacial score (nSPS) is 12.5. The molecule has 0 saturated carbocycles. The van der Waals surface area contributed by atoms with Crippen LogP contribution in [0.5, 0.6) is 11.5 Å². The molecule has 2 rings (SSSR count). The van der Waals surface area contributed by atoms with E-state index in [2.05, 4.69) is 13.2 Å². The summed E-state index contributed by atoms with van der Waals surface area (Å²) in [6.45, 7) is 12.8. The molecule has 0 spiro atoms. The molecular weight excluding hydrogens is 452 g/mol. The Morgan fingerprint density at radius 3 is 1.77 bits per heavy atom. The number of hydrogen-bond donors (Lipinski definition) is 0. The van der Waals surface area contributed by atoms with Gasteiger partial charge >= 0.3 is 11.9 Å². The molecule has 0 bridgehead atoms. The van der Waals surface area contributed by atoms with Gasteiger partial charge < -0.3 is 28.4 Å². The lowest BCUT2D eigenvalue weighted by Gasteiger charge is -2.22. The van der Waals surface area contributed by atoms with Crippen molar-refractivity contribution in [3.63, 3.8) is 0 Å². The fourth-order valence-corrected chi connectivity index (χ4v) is 3.23. The number of rotatable bonds is 14. The highest BCUT2D eigenvalue weighted by atomic mass is 16.6. The highest BCUT2D eigenvalue weighted by molar-refractivity contribution is 5.94. The highest BCUT2D eigenvalue weighted by Gasteiger charge is 2.20. The highest BCUT2D eigenvalue weighted by Crippen LogP contribution is 2.36. The smallest absolute Gasteiger partial charge is 0.333 e. The number of fused-ring (bicyclic) bond motifs is 1. The lowest BCUT2D eigenvalue weighted by atomic mass is 10.0. The van der Waals surface area contributed by atoms with Crippen LogP contribution in [0.15, 0.2) is 54.6 Å². The first kappa shape index (κ1) is 27.9. The summed E-state index contributed by atoms with van der Waals surface area (Å²) < 4.78 is 33.3. The third kappa shape index (κ3) is 8.12. The van der Waals surface area contributed by atoms with E-state index in [4.69, 9.17) is 28.4 Å². The average Bonchev–Trinajstić information content (AvgIpc) is 2.81. The van der Waals surface area contributed by atoms with Gasteiger partial charge in [0.05, 0.1) is 13.2 Å². The molecule has 0 radical (unpaired) electrons. The molecule has 0 aliphatic carbocycles. The van der Waals surface area contributed by atoms with Crippen LogP contribution in [0.1, 0.15) is 19.4 Å². The zero-order valence-electron chi connectivity index (χ0n) is 21.1. The molecule has 8 nitrogen and oxygen atoms in total. The van der Waals surface area contributed by atoms with Gasteiger partial charge in [0.25, 0.3) is 0 Å². The number of benzene rings is 2. The van der Waals surface area contributed by atoms with Crippen molar-refractivity contribution in [2.75, 3.05) is 40.6 Å². The molecule has 0 amide bonds. The Kier molecular flexibility index (Phi) is 10.8. The van der Waals surface area contributed by atoms with Gasteiger partial charge in [0.2, 0.25) is 0 Å². The van der Waals surface area contributed by atoms with Crippen LogP contribution in [-0.4, -0.2) is 64.8 Å². The van der Waals surface area contributed by atoms with Crippen molar-refractivity contribution in [3.8, 4) is 11.5 Å². The van der Waals surface area contributed by atoms with Crippen molar-refractivity contribution < 1.29 is 38.0 Å².